The zero-order valence-corrected chi connectivity index (χ0v) is 12.2. The van der Waals surface area contributed by atoms with Crippen molar-refractivity contribution in [3.05, 3.63) is 34.3 Å². The Morgan fingerprint density at radius 1 is 1.44 bits per heavy atom. The van der Waals surface area contributed by atoms with Crippen molar-refractivity contribution in [2.75, 3.05) is 6.67 Å². The zero-order valence-electron chi connectivity index (χ0n) is 9.76. The fourth-order valence-electron chi connectivity index (χ4n) is 1.16. The van der Waals surface area contributed by atoms with Crippen LogP contribution in [-0.2, 0) is 0 Å². The number of benzene rings is 1. The molecule has 90 valence electrons. The van der Waals surface area contributed by atoms with Crippen LogP contribution in [0.1, 0.15) is 32.4 Å². The van der Waals surface area contributed by atoms with Crippen molar-refractivity contribution < 1.29 is 4.39 Å². The first-order valence-electron chi connectivity index (χ1n) is 5.17. The smallest absolute Gasteiger partial charge is 0.110 e. The second-order valence-electron chi connectivity index (χ2n) is 4.59. The normalized spacial score (nSPS) is 13.8. The summed E-state index contributed by atoms with van der Waals surface area (Å²) in [4.78, 5) is 0. The third-order valence-electron chi connectivity index (χ3n) is 1.91. The molecule has 1 aromatic rings. The van der Waals surface area contributed by atoms with Crippen molar-refractivity contribution in [1.29, 1.82) is 0 Å². The molecule has 0 amide bonds. The molecule has 0 aliphatic rings. The van der Waals surface area contributed by atoms with Crippen LogP contribution in [0.15, 0.2) is 28.7 Å². The van der Waals surface area contributed by atoms with Gasteiger partial charge in [-0.25, -0.2) is 4.39 Å². The van der Waals surface area contributed by atoms with Crippen molar-refractivity contribution in [2.45, 2.75) is 31.6 Å². The summed E-state index contributed by atoms with van der Waals surface area (Å²) in [5, 5.41) is 0. The van der Waals surface area contributed by atoms with E-state index in [0.29, 0.717) is 0 Å². The van der Waals surface area contributed by atoms with Crippen LogP contribution < -0.4 is 4.72 Å². The lowest BCUT2D eigenvalue weighted by Crippen LogP contribution is -2.23. The lowest BCUT2D eigenvalue weighted by atomic mass is 10.1. The molecular weight excluding hydrogens is 289 g/mol. The summed E-state index contributed by atoms with van der Waals surface area (Å²) in [6, 6.07) is 7.49. The Balaban J connectivity index is 2.68. The second kappa shape index (κ2) is 6.03. The molecule has 0 aromatic heterocycles. The Bertz CT molecular complexity index is 338. The van der Waals surface area contributed by atoms with Crippen LogP contribution in [0.25, 0.3) is 0 Å². The molecule has 1 aromatic carbocycles. The van der Waals surface area contributed by atoms with E-state index in [0.717, 1.165) is 10.0 Å². The standard InChI is InChI=1S/C12H17BrFNS/c1-12(2,3)16-15-11(8-14)9-5-4-6-10(13)7-9/h4-7,11,15H,8H2,1-3H3. The van der Waals surface area contributed by atoms with Gasteiger partial charge in [0, 0.05) is 9.22 Å². The Morgan fingerprint density at radius 3 is 2.62 bits per heavy atom. The quantitative estimate of drug-likeness (QED) is 0.822. The first-order chi connectivity index (χ1) is 7.42. The molecule has 1 N–H and O–H groups in total. The van der Waals surface area contributed by atoms with Crippen molar-refractivity contribution in [3.63, 3.8) is 0 Å². The van der Waals surface area contributed by atoms with Gasteiger partial charge in [-0.15, -0.1) is 0 Å². The Morgan fingerprint density at radius 2 is 2.12 bits per heavy atom. The lowest BCUT2D eigenvalue weighted by Gasteiger charge is -2.22. The van der Waals surface area contributed by atoms with Crippen molar-refractivity contribution in [1.82, 2.24) is 4.72 Å². The molecule has 1 atom stereocenters. The minimum absolute atomic E-state index is 0.0828. The summed E-state index contributed by atoms with van der Waals surface area (Å²) in [6.45, 7) is 5.89. The van der Waals surface area contributed by atoms with Crippen molar-refractivity contribution >= 4 is 27.9 Å². The third-order valence-corrected chi connectivity index (χ3v) is 3.42. The molecule has 0 radical (unpaired) electrons. The lowest BCUT2D eigenvalue weighted by molar-refractivity contribution is 0.422. The highest BCUT2D eigenvalue weighted by atomic mass is 79.9. The number of hydrogen-bond acceptors (Lipinski definition) is 2. The molecule has 16 heavy (non-hydrogen) atoms. The summed E-state index contributed by atoms with van der Waals surface area (Å²) in [5.41, 5.74) is 0.966. The number of halogens is 2. The van der Waals surface area contributed by atoms with Crippen LogP contribution in [0, 0.1) is 0 Å². The van der Waals surface area contributed by atoms with Gasteiger partial charge >= 0.3 is 0 Å². The Kier molecular flexibility index (Phi) is 5.28. The minimum atomic E-state index is -0.403. The average Bonchev–Trinajstić information content (AvgIpc) is 2.17. The van der Waals surface area contributed by atoms with Crippen LogP contribution in [0.2, 0.25) is 0 Å². The predicted octanol–water partition coefficient (Wildman–Crippen LogP) is 4.50. The monoisotopic (exact) mass is 305 g/mol. The summed E-state index contributed by atoms with van der Waals surface area (Å²) < 4.78 is 17.2. The average molecular weight is 306 g/mol. The van der Waals surface area contributed by atoms with Gasteiger partial charge in [0.2, 0.25) is 0 Å². The maximum absolute atomic E-state index is 13.0. The number of alkyl halides is 1. The van der Waals surface area contributed by atoms with E-state index in [4.69, 9.17) is 0 Å². The van der Waals surface area contributed by atoms with Gasteiger partial charge in [-0.1, -0.05) is 40.0 Å². The van der Waals surface area contributed by atoms with Crippen molar-refractivity contribution in [2.24, 2.45) is 0 Å². The Labute approximate surface area is 109 Å². The van der Waals surface area contributed by atoms with Crippen molar-refractivity contribution in [3.8, 4) is 0 Å². The summed E-state index contributed by atoms with van der Waals surface area (Å²) in [6.07, 6.45) is 0. The van der Waals surface area contributed by atoms with E-state index < -0.39 is 6.67 Å². The molecule has 0 saturated heterocycles. The molecule has 0 bridgehead atoms. The third kappa shape index (κ3) is 4.85. The second-order valence-corrected chi connectivity index (χ2v) is 7.17. The van der Waals surface area contributed by atoms with Gasteiger partial charge in [-0.2, -0.15) is 0 Å². The molecule has 0 aliphatic heterocycles. The number of rotatable bonds is 4. The van der Waals surface area contributed by atoms with E-state index in [-0.39, 0.29) is 10.8 Å². The zero-order chi connectivity index (χ0) is 12.2. The van der Waals surface area contributed by atoms with Crippen LogP contribution in [0.4, 0.5) is 4.39 Å². The van der Waals surface area contributed by atoms with Gasteiger partial charge < -0.3 is 0 Å². The molecule has 0 heterocycles. The fourth-order valence-corrected chi connectivity index (χ4v) is 2.27. The van der Waals surface area contributed by atoms with Gasteiger partial charge in [0.1, 0.15) is 6.67 Å². The maximum Gasteiger partial charge on any atom is 0.110 e. The van der Waals surface area contributed by atoms with Gasteiger partial charge in [-0.3, -0.25) is 4.72 Å². The molecule has 0 fully saturated rings. The molecule has 0 saturated carbocycles. The van der Waals surface area contributed by atoms with E-state index in [1.807, 2.05) is 24.3 Å². The first kappa shape index (κ1) is 14.0. The van der Waals surface area contributed by atoms with Crippen LogP contribution >= 0.6 is 27.9 Å². The highest BCUT2D eigenvalue weighted by molar-refractivity contribution is 9.10. The van der Waals surface area contributed by atoms with Gasteiger partial charge in [0.25, 0.3) is 0 Å². The fraction of sp³-hybridized carbons (Fsp3) is 0.500. The minimum Gasteiger partial charge on any atom is -0.254 e. The van der Waals surface area contributed by atoms with E-state index in [1.165, 1.54) is 0 Å². The predicted molar refractivity (Wildman–Crippen MR) is 73.3 cm³/mol. The molecular formula is C12H17BrFNS. The highest BCUT2D eigenvalue weighted by Crippen LogP contribution is 2.26. The van der Waals surface area contributed by atoms with Crippen LogP contribution in [0.5, 0.6) is 0 Å². The molecule has 1 nitrogen and oxygen atoms in total. The molecule has 1 unspecified atom stereocenters. The van der Waals surface area contributed by atoms with E-state index in [9.17, 15) is 4.39 Å². The molecule has 0 spiro atoms. The largest absolute Gasteiger partial charge is 0.254 e. The SMILES string of the molecule is CC(C)(C)SNC(CF)c1cccc(Br)c1. The van der Waals surface area contributed by atoms with Crippen LogP contribution in [0.3, 0.4) is 0 Å². The first-order valence-corrected chi connectivity index (χ1v) is 6.78. The molecule has 0 aliphatic carbocycles. The Hall–Kier alpha value is -0.0600. The topological polar surface area (TPSA) is 12.0 Å². The van der Waals surface area contributed by atoms with E-state index in [1.54, 1.807) is 11.9 Å². The van der Waals surface area contributed by atoms with Gasteiger partial charge in [0.05, 0.1) is 6.04 Å². The number of nitrogens with one attached hydrogen (secondary N) is 1. The van der Waals surface area contributed by atoms with E-state index >= 15 is 0 Å². The van der Waals surface area contributed by atoms with E-state index in [2.05, 4.69) is 41.4 Å². The summed E-state index contributed by atoms with van der Waals surface area (Å²) >= 11 is 4.95. The van der Waals surface area contributed by atoms with Crippen LogP contribution in [-0.4, -0.2) is 11.4 Å². The molecule has 4 heteroatoms. The maximum atomic E-state index is 13.0. The highest BCUT2D eigenvalue weighted by Gasteiger charge is 2.16. The van der Waals surface area contributed by atoms with Gasteiger partial charge in [-0.05, 0) is 38.5 Å². The molecule has 1 rings (SSSR count). The summed E-state index contributed by atoms with van der Waals surface area (Å²) in [7, 11) is 0. The number of hydrogen-bond donors (Lipinski definition) is 1. The summed E-state index contributed by atoms with van der Waals surface area (Å²) in [5.74, 6) is 0. The van der Waals surface area contributed by atoms with Gasteiger partial charge in [0.15, 0.2) is 0 Å².